The summed E-state index contributed by atoms with van der Waals surface area (Å²) in [7, 11) is 8.35. The fourth-order valence-corrected chi connectivity index (χ4v) is 4.51. The number of nitrogens with one attached hydrogen (secondary N) is 1. The number of likely N-dealkylation sites (N-methyl/N-ethyl adjacent to an activating group) is 1. The zero-order valence-corrected chi connectivity index (χ0v) is 19.3. The van der Waals surface area contributed by atoms with Crippen LogP contribution in [0.1, 0.15) is 35.2 Å². The van der Waals surface area contributed by atoms with Crippen LogP contribution in [0, 0.1) is 0 Å². The molecule has 0 aromatic heterocycles. The van der Waals surface area contributed by atoms with E-state index in [9.17, 15) is 0 Å². The fraction of sp³-hybridized carbons (Fsp3) is 0.286. The van der Waals surface area contributed by atoms with E-state index in [1.165, 1.54) is 44.8 Å². The summed E-state index contributed by atoms with van der Waals surface area (Å²) in [6, 6.07) is 27.0. The largest absolute Gasteiger partial charge is 0.378 e. The number of hydrogen-bond donors (Lipinski definition) is 1. The Balaban J connectivity index is 1.90. The lowest BCUT2D eigenvalue weighted by atomic mass is 9.77. The van der Waals surface area contributed by atoms with Crippen LogP contribution in [0.15, 0.2) is 72.8 Å². The Morgan fingerprint density at radius 2 is 1.29 bits per heavy atom. The van der Waals surface area contributed by atoms with Crippen LogP contribution >= 0.6 is 0 Å². The first-order valence-electron chi connectivity index (χ1n) is 11.1. The van der Waals surface area contributed by atoms with Crippen LogP contribution in [0.3, 0.4) is 0 Å². The van der Waals surface area contributed by atoms with E-state index in [-0.39, 0.29) is 6.04 Å². The van der Waals surface area contributed by atoms with Crippen molar-refractivity contribution in [3.63, 3.8) is 0 Å². The molecule has 1 atom stereocenters. The topological polar surface area (TPSA) is 18.5 Å². The summed E-state index contributed by atoms with van der Waals surface area (Å²) in [5, 5.41) is 3.78. The van der Waals surface area contributed by atoms with E-state index in [0.717, 1.165) is 13.0 Å². The SMILES string of the molecule is CCNC1C(c2ccc(N(C)C)cc2)=C(c2ccc(N(C)C)cc2)Cc2ccccc21. The highest BCUT2D eigenvalue weighted by atomic mass is 15.1. The second kappa shape index (κ2) is 8.99. The second-order valence-corrected chi connectivity index (χ2v) is 8.64. The molecule has 0 heterocycles. The smallest absolute Gasteiger partial charge is 0.0588 e. The standard InChI is InChI=1S/C28H33N3/c1-6-29-28-25-10-8-7-9-22(25)19-26(20-11-15-23(16-12-20)30(2)3)27(28)21-13-17-24(18-14-21)31(4)5/h7-18,28-29H,6,19H2,1-5H3. The van der Waals surface area contributed by atoms with Gasteiger partial charge in [0.25, 0.3) is 0 Å². The zero-order valence-electron chi connectivity index (χ0n) is 19.3. The number of rotatable bonds is 6. The minimum absolute atomic E-state index is 0.184. The van der Waals surface area contributed by atoms with Crippen molar-refractivity contribution in [1.29, 1.82) is 0 Å². The number of anilines is 2. The van der Waals surface area contributed by atoms with Gasteiger partial charge in [-0.2, -0.15) is 0 Å². The fourth-order valence-electron chi connectivity index (χ4n) is 4.51. The Bertz CT molecular complexity index is 1060. The van der Waals surface area contributed by atoms with Gasteiger partial charge in [0, 0.05) is 39.6 Å². The highest BCUT2D eigenvalue weighted by Crippen LogP contribution is 2.44. The lowest BCUT2D eigenvalue weighted by molar-refractivity contribution is 0.652. The molecule has 1 aliphatic rings. The van der Waals surface area contributed by atoms with Gasteiger partial charge in [-0.25, -0.2) is 0 Å². The molecule has 0 amide bonds. The molecular formula is C28H33N3. The Labute approximate surface area is 187 Å². The third-order valence-corrected chi connectivity index (χ3v) is 6.18. The predicted molar refractivity (Wildman–Crippen MR) is 135 cm³/mol. The molecule has 0 bridgehead atoms. The molecular weight excluding hydrogens is 378 g/mol. The molecule has 0 aliphatic heterocycles. The van der Waals surface area contributed by atoms with Gasteiger partial charge in [0.1, 0.15) is 0 Å². The Morgan fingerprint density at radius 3 is 1.84 bits per heavy atom. The Kier molecular flexibility index (Phi) is 6.15. The lowest BCUT2D eigenvalue weighted by Gasteiger charge is -2.33. The third kappa shape index (κ3) is 4.24. The summed E-state index contributed by atoms with van der Waals surface area (Å²) in [4.78, 5) is 4.30. The van der Waals surface area contributed by atoms with Gasteiger partial charge in [0.2, 0.25) is 0 Å². The van der Waals surface area contributed by atoms with Gasteiger partial charge in [-0.05, 0) is 70.6 Å². The van der Waals surface area contributed by atoms with Gasteiger partial charge in [0.15, 0.2) is 0 Å². The summed E-state index contributed by atoms with van der Waals surface area (Å²) >= 11 is 0. The normalized spacial score (nSPS) is 15.6. The van der Waals surface area contributed by atoms with Crippen LogP contribution in [0.4, 0.5) is 11.4 Å². The van der Waals surface area contributed by atoms with Crippen molar-refractivity contribution in [2.24, 2.45) is 0 Å². The molecule has 3 nitrogen and oxygen atoms in total. The van der Waals surface area contributed by atoms with Crippen molar-refractivity contribution < 1.29 is 0 Å². The number of allylic oxidation sites excluding steroid dienone is 1. The summed E-state index contributed by atoms with van der Waals surface area (Å²) in [6.45, 7) is 3.11. The quantitative estimate of drug-likeness (QED) is 0.567. The third-order valence-electron chi connectivity index (χ3n) is 6.18. The molecule has 3 aromatic carbocycles. The van der Waals surface area contributed by atoms with Gasteiger partial charge in [-0.15, -0.1) is 0 Å². The summed E-state index contributed by atoms with van der Waals surface area (Å²) in [5.41, 5.74) is 10.6. The average Bonchev–Trinajstić information content (AvgIpc) is 2.79. The van der Waals surface area contributed by atoms with Crippen LogP contribution < -0.4 is 15.1 Å². The molecule has 0 saturated heterocycles. The van der Waals surface area contributed by atoms with E-state index in [0.29, 0.717) is 0 Å². The minimum Gasteiger partial charge on any atom is -0.378 e. The van der Waals surface area contributed by atoms with Gasteiger partial charge in [-0.1, -0.05) is 55.5 Å². The predicted octanol–water partition coefficient (Wildman–Crippen LogP) is 5.64. The lowest BCUT2D eigenvalue weighted by Crippen LogP contribution is -2.27. The van der Waals surface area contributed by atoms with Crippen LogP contribution in [0.5, 0.6) is 0 Å². The number of hydrogen-bond acceptors (Lipinski definition) is 3. The monoisotopic (exact) mass is 411 g/mol. The Hall–Kier alpha value is -3.04. The summed E-state index contributed by atoms with van der Waals surface area (Å²) in [5.74, 6) is 0. The maximum atomic E-state index is 3.78. The van der Waals surface area contributed by atoms with Gasteiger partial charge in [-0.3, -0.25) is 0 Å². The van der Waals surface area contributed by atoms with Gasteiger partial charge >= 0.3 is 0 Å². The summed E-state index contributed by atoms with van der Waals surface area (Å²) < 4.78 is 0. The molecule has 0 spiro atoms. The van der Waals surface area contributed by atoms with E-state index in [2.05, 4.69) is 123 Å². The highest BCUT2D eigenvalue weighted by Gasteiger charge is 2.28. The first kappa shape index (κ1) is 21.2. The average molecular weight is 412 g/mol. The second-order valence-electron chi connectivity index (χ2n) is 8.64. The number of nitrogens with zero attached hydrogens (tertiary/aromatic N) is 2. The molecule has 0 fully saturated rings. The molecule has 1 N–H and O–H groups in total. The molecule has 160 valence electrons. The zero-order chi connectivity index (χ0) is 22.0. The number of benzene rings is 3. The molecule has 1 aliphatic carbocycles. The molecule has 31 heavy (non-hydrogen) atoms. The first-order chi connectivity index (χ1) is 15.0. The van der Waals surface area contributed by atoms with Crippen molar-refractivity contribution in [2.45, 2.75) is 19.4 Å². The molecule has 0 radical (unpaired) electrons. The maximum Gasteiger partial charge on any atom is 0.0588 e. The molecule has 3 heteroatoms. The molecule has 0 saturated carbocycles. The van der Waals surface area contributed by atoms with Crippen molar-refractivity contribution in [2.75, 3.05) is 44.5 Å². The van der Waals surface area contributed by atoms with Crippen LogP contribution in [-0.4, -0.2) is 34.7 Å². The van der Waals surface area contributed by atoms with Crippen molar-refractivity contribution in [1.82, 2.24) is 5.32 Å². The number of fused-ring (bicyclic) bond motifs is 1. The van der Waals surface area contributed by atoms with Gasteiger partial charge in [0.05, 0.1) is 6.04 Å². The maximum absolute atomic E-state index is 3.78. The Morgan fingerprint density at radius 1 is 0.742 bits per heavy atom. The molecule has 4 rings (SSSR count). The molecule has 3 aromatic rings. The van der Waals surface area contributed by atoms with E-state index >= 15 is 0 Å². The van der Waals surface area contributed by atoms with Crippen molar-refractivity contribution >= 4 is 22.5 Å². The van der Waals surface area contributed by atoms with Crippen molar-refractivity contribution in [3.8, 4) is 0 Å². The van der Waals surface area contributed by atoms with Crippen LogP contribution in [0.2, 0.25) is 0 Å². The van der Waals surface area contributed by atoms with E-state index in [1.807, 2.05) is 0 Å². The van der Waals surface area contributed by atoms with Crippen molar-refractivity contribution in [3.05, 3.63) is 95.1 Å². The first-order valence-corrected chi connectivity index (χ1v) is 11.1. The minimum atomic E-state index is 0.184. The summed E-state index contributed by atoms with van der Waals surface area (Å²) in [6.07, 6.45) is 0.949. The van der Waals surface area contributed by atoms with E-state index in [1.54, 1.807) is 0 Å². The van der Waals surface area contributed by atoms with Crippen LogP contribution in [0.25, 0.3) is 11.1 Å². The van der Waals surface area contributed by atoms with Crippen LogP contribution in [-0.2, 0) is 6.42 Å². The highest BCUT2D eigenvalue weighted by molar-refractivity contribution is 5.96. The van der Waals surface area contributed by atoms with Gasteiger partial charge < -0.3 is 15.1 Å². The van der Waals surface area contributed by atoms with E-state index < -0.39 is 0 Å². The molecule has 1 unspecified atom stereocenters. The van der Waals surface area contributed by atoms with E-state index in [4.69, 9.17) is 0 Å².